The molecule has 0 aromatic carbocycles. The zero-order valence-electron chi connectivity index (χ0n) is 23.2. The summed E-state index contributed by atoms with van der Waals surface area (Å²) in [5, 5.41) is 5.00. The van der Waals surface area contributed by atoms with Gasteiger partial charge in [-0.2, -0.15) is 0 Å². The third kappa shape index (κ3) is 6.93. The van der Waals surface area contributed by atoms with E-state index in [1.807, 2.05) is 19.1 Å². The number of rotatable bonds is 6. The van der Waals surface area contributed by atoms with Crippen LogP contribution >= 0.6 is 0 Å². The molecule has 1 saturated heterocycles. The molecular formula is C27H42N4O7S. The van der Waals surface area contributed by atoms with Crippen molar-refractivity contribution in [1.29, 1.82) is 0 Å². The number of allylic oxidation sites excluding steroid dienone is 1. The van der Waals surface area contributed by atoms with Gasteiger partial charge in [-0.25, -0.2) is 13.2 Å². The molecule has 0 aromatic rings. The van der Waals surface area contributed by atoms with E-state index in [1.165, 1.54) is 4.90 Å². The quantitative estimate of drug-likeness (QED) is 0.417. The molecule has 4 atom stereocenters. The molecule has 11 nitrogen and oxygen atoms in total. The van der Waals surface area contributed by atoms with Crippen LogP contribution in [0.5, 0.6) is 0 Å². The highest BCUT2D eigenvalue weighted by molar-refractivity contribution is 7.91. The molecule has 3 fully saturated rings. The van der Waals surface area contributed by atoms with Gasteiger partial charge < -0.3 is 20.3 Å². The molecule has 0 spiro atoms. The number of hydrogen-bond donors (Lipinski definition) is 3. The van der Waals surface area contributed by atoms with Crippen molar-refractivity contribution >= 4 is 33.8 Å². The van der Waals surface area contributed by atoms with Gasteiger partial charge in [-0.15, -0.1) is 0 Å². The number of carbonyl (C=O) groups excluding carboxylic acids is 4. The van der Waals surface area contributed by atoms with Gasteiger partial charge in [-0.3, -0.25) is 19.1 Å². The van der Waals surface area contributed by atoms with E-state index in [4.69, 9.17) is 4.74 Å². The van der Waals surface area contributed by atoms with Crippen LogP contribution in [0.3, 0.4) is 0 Å². The average molecular weight is 567 g/mol. The van der Waals surface area contributed by atoms with E-state index in [0.717, 1.165) is 19.3 Å². The standard InChI is InChI=1S/C27H42N4O7S/c1-4-26(2,3)38-25(35)28-20-12-9-7-5-6-8-11-18-17-27(18,24(34)30-39(36,37)19-14-15-19)29-22(32)21-13-10-16-31(21)23(20)33/h8,11,18-21H,4-7,9-10,12-17H2,1-3H3,(H,28,35)(H,29,32)(H,30,34)/b11-8-/t18-,20+,21+,27-/m1/s1. The summed E-state index contributed by atoms with van der Waals surface area (Å²) in [6.07, 6.45) is 9.70. The number of hydrogen-bond acceptors (Lipinski definition) is 7. The van der Waals surface area contributed by atoms with Crippen LogP contribution in [0.15, 0.2) is 12.2 Å². The molecule has 0 aromatic heterocycles. The van der Waals surface area contributed by atoms with Crippen LogP contribution in [-0.4, -0.2) is 72.2 Å². The summed E-state index contributed by atoms with van der Waals surface area (Å²) in [5.74, 6) is -1.89. The molecule has 0 bridgehead atoms. The number of nitrogens with zero attached hydrogens (tertiary/aromatic N) is 1. The molecule has 2 heterocycles. The Morgan fingerprint density at radius 2 is 1.87 bits per heavy atom. The number of alkyl carbamates (subject to hydrolysis) is 1. The van der Waals surface area contributed by atoms with E-state index in [0.29, 0.717) is 57.9 Å². The molecule has 4 aliphatic rings. The Bertz CT molecular complexity index is 1120. The predicted molar refractivity (Wildman–Crippen MR) is 144 cm³/mol. The van der Waals surface area contributed by atoms with Crippen molar-refractivity contribution in [2.24, 2.45) is 5.92 Å². The van der Waals surface area contributed by atoms with Gasteiger partial charge in [-0.05, 0) is 71.6 Å². The monoisotopic (exact) mass is 566 g/mol. The van der Waals surface area contributed by atoms with Crippen LogP contribution in [0.1, 0.15) is 91.4 Å². The minimum atomic E-state index is -3.78. The minimum Gasteiger partial charge on any atom is -0.444 e. The number of amides is 4. The van der Waals surface area contributed by atoms with Crippen molar-refractivity contribution in [3.05, 3.63) is 12.2 Å². The van der Waals surface area contributed by atoms with Crippen LogP contribution in [0.2, 0.25) is 0 Å². The van der Waals surface area contributed by atoms with E-state index >= 15 is 0 Å². The number of ether oxygens (including phenoxy) is 1. The molecule has 3 N–H and O–H groups in total. The SMILES string of the molecule is CCC(C)(C)OC(=O)N[C@H]1CCCCC/C=C\[C@@H]2C[C@@]2(C(=O)NS(=O)(=O)C2CC2)NC(=O)[C@@H]2CCCN2C1=O. The fourth-order valence-electron chi connectivity index (χ4n) is 5.27. The third-order valence-corrected chi connectivity index (χ3v) is 10.2. The predicted octanol–water partition coefficient (Wildman–Crippen LogP) is 2.26. The molecule has 0 unspecified atom stereocenters. The van der Waals surface area contributed by atoms with Crippen LogP contribution in [0, 0.1) is 5.92 Å². The van der Waals surface area contributed by atoms with Crippen molar-refractivity contribution in [3.63, 3.8) is 0 Å². The van der Waals surface area contributed by atoms with Gasteiger partial charge in [-0.1, -0.05) is 31.9 Å². The molecule has 2 aliphatic heterocycles. The summed E-state index contributed by atoms with van der Waals surface area (Å²) in [5.41, 5.74) is -2.04. The van der Waals surface area contributed by atoms with Crippen LogP contribution in [-0.2, 0) is 29.1 Å². The maximum absolute atomic E-state index is 13.7. The summed E-state index contributed by atoms with van der Waals surface area (Å²) >= 11 is 0. The van der Waals surface area contributed by atoms with Crippen LogP contribution in [0.25, 0.3) is 0 Å². The lowest BCUT2D eigenvalue weighted by molar-refractivity contribution is -0.141. The Hall–Kier alpha value is -2.63. The van der Waals surface area contributed by atoms with E-state index in [2.05, 4.69) is 15.4 Å². The molecule has 4 amide bonds. The Balaban J connectivity index is 1.53. The first kappa shape index (κ1) is 29.4. The third-order valence-electron chi connectivity index (χ3n) is 8.35. The van der Waals surface area contributed by atoms with Gasteiger partial charge in [0.25, 0.3) is 5.91 Å². The molecule has 2 saturated carbocycles. The second-order valence-corrected chi connectivity index (χ2v) is 13.9. The van der Waals surface area contributed by atoms with E-state index in [1.54, 1.807) is 13.8 Å². The zero-order valence-corrected chi connectivity index (χ0v) is 24.0. The van der Waals surface area contributed by atoms with Crippen molar-refractivity contribution in [1.82, 2.24) is 20.3 Å². The number of carbonyl (C=O) groups is 4. The second-order valence-electron chi connectivity index (χ2n) is 11.9. The largest absolute Gasteiger partial charge is 0.444 e. The van der Waals surface area contributed by atoms with Gasteiger partial charge in [0.1, 0.15) is 23.2 Å². The highest BCUT2D eigenvalue weighted by Gasteiger charge is 2.61. The van der Waals surface area contributed by atoms with Gasteiger partial charge in [0.2, 0.25) is 21.8 Å². The lowest BCUT2D eigenvalue weighted by Crippen LogP contribution is -2.58. The lowest BCUT2D eigenvalue weighted by atomic mass is 10.0. The van der Waals surface area contributed by atoms with Crippen molar-refractivity contribution in [3.8, 4) is 0 Å². The normalized spacial score (nSPS) is 31.1. The maximum atomic E-state index is 13.7. The lowest BCUT2D eigenvalue weighted by Gasteiger charge is -2.31. The van der Waals surface area contributed by atoms with Gasteiger partial charge in [0, 0.05) is 12.5 Å². The van der Waals surface area contributed by atoms with Crippen molar-refractivity contribution in [2.45, 2.75) is 120 Å². The number of fused-ring (bicyclic) bond motifs is 2. The molecule has 4 rings (SSSR count). The van der Waals surface area contributed by atoms with E-state index in [-0.39, 0.29) is 11.8 Å². The molecule has 0 radical (unpaired) electrons. The zero-order chi connectivity index (χ0) is 28.4. The Kier molecular flexibility index (Phi) is 8.63. The fraction of sp³-hybridized carbons (Fsp3) is 0.778. The second kappa shape index (κ2) is 11.5. The van der Waals surface area contributed by atoms with E-state index in [9.17, 15) is 27.6 Å². The van der Waals surface area contributed by atoms with Gasteiger partial charge >= 0.3 is 6.09 Å². The van der Waals surface area contributed by atoms with Gasteiger partial charge in [0.05, 0.1) is 5.25 Å². The highest BCUT2D eigenvalue weighted by atomic mass is 32.2. The first-order valence-corrected chi connectivity index (χ1v) is 15.8. The minimum absolute atomic E-state index is 0.297. The first-order chi connectivity index (χ1) is 18.4. The fourth-order valence-corrected chi connectivity index (χ4v) is 6.63. The number of sulfonamides is 1. The van der Waals surface area contributed by atoms with Crippen LogP contribution in [0.4, 0.5) is 4.79 Å². The molecule has 12 heteroatoms. The summed E-state index contributed by atoms with van der Waals surface area (Å²) in [4.78, 5) is 54.6. The van der Waals surface area contributed by atoms with Crippen LogP contribution < -0.4 is 15.4 Å². The summed E-state index contributed by atoms with van der Waals surface area (Å²) < 4.78 is 32.7. The molecule has 218 valence electrons. The summed E-state index contributed by atoms with van der Waals surface area (Å²) in [6, 6.07) is -1.65. The van der Waals surface area contributed by atoms with Crippen molar-refractivity contribution in [2.75, 3.05) is 6.54 Å². The smallest absolute Gasteiger partial charge is 0.408 e. The molecular weight excluding hydrogens is 524 g/mol. The van der Waals surface area contributed by atoms with E-state index < -0.39 is 56.4 Å². The average Bonchev–Trinajstić information content (AvgIpc) is 3.78. The summed E-state index contributed by atoms with van der Waals surface area (Å²) in [6.45, 7) is 5.85. The maximum Gasteiger partial charge on any atom is 0.408 e. The topological polar surface area (TPSA) is 151 Å². The van der Waals surface area contributed by atoms with Gasteiger partial charge in [0.15, 0.2) is 0 Å². The Morgan fingerprint density at radius 3 is 2.56 bits per heavy atom. The Morgan fingerprint density at radius 1 is 1.13 bits per heavy atom. The number of nitrogens with one attached hydrogen (secondary N) is 3. The van der Waals surface area contributed by atoms with Crippen molar-refractivity contribution < 1.29 is 32.3 Å². The first-order valence-electron chi connectivity index (χ1n) is 14.2. The molecule has 39 heavy (non-hydrogen) atoms. The Labute approximate surface area is 230 Å². The summed E-state index contributed by atoms with van der Waals surface area (Å²) in [7, 11) is -3.78. The molecule has 2 aliphatic carbocycles. The highest BCUT2D eigenvalue weighted by Crippen LogP contribution is 2.46.